The second kappa shape index (κ2) is 7.50. The first-order valence-electron chi connectivity index (χ1n) is 14.4. The number of rotatable bonds is 0. The minimum Gasteiger partial charge on any atom is -0.278 e. The van der Waals surface area contributed by atoms with Crippen LogP contribution in [0.15, 0.2) is 103 Å². The van der Waals surface area contributed by atoms with E-state index in [2.05, 4.69) is 136 Å². The molecule has 0 bridgehead atoms. The first-order valence-corrected chi connectivity index (χ1v) is 14.4. The summed E-state index contributed by atoms with van der Waals surface area (Å²) in [5.74, 6) is 1.98. The van der Waals surface area contributed by atoms with E-state index in [9.17, 15) is 0 Å². The van der Waals surface area contributed by atoms with Crippen molar-refractivity contribution >= 4 is 60.7 Å². The van der Waals surface area contributed by atoms with Gasteiger partial charge in [-0.05, 0) is 34.0 Å². The van der Waals surface area contributed by atoms with Crippen molar-refractivity contribution in [1.82, 2.24) is 9.97 Å². The largest absolute Gasteiger partial charge is 0.278 e. The van der Waals surface area contributed by atoms with Crippen molar-refractivity contribution in [2.45, 2.75) is 38.5 Å². The Labute approximate surface area is 239 Å². The number of para-hydroxylation sites is 1. The molecule has 0 saturated heterocycles. The summed E-state index contributed by atoms with van der Waals surface area (Å²) in [5.41, 5.74) is 7.98. The average molecular weight is 528 g/mol. The van der Waals surface area contributed by atoms with E-state index in [4.69, 9.17) is 9.97 Å². The molecule has 2 aliphatic rings. The number of benzene rings is 5. The molecule has 0 atom stereocenters. The third kappa shape index (κ3) is 2.83. The fourth-order valence-corrected chi connectivity index (χ4v) is 7.45. The summed E-state index contributed by atoms with van der Waals surface area (Å²) in [6, 6.07) is 37.6. The van der Waals surface area contributed by atoms with Gasteiger partial charge >= 0.3 is 0 Å². The first kappa shape index (κ1) is 23.0. The number of anilines is 3. The maximum Gasteiger partial charge on any atom is 0.143 e. The second-order valence-electron chi connectivity index (χ2n) is 12.7. The highest BCUT2D eigenvalue weighted by molar-refractivity contribution is 6.09. The van der Waals surface area contributed by atoms with E-state index in [0.29, 0.717) is 0 Å². The summed E-state index contributed by atoms with van der Waals surface area (Å²) in [7, 11) is 0. The van der Waals surface area contributed by atoms with Crippen molar-refractivity contribution in [2.24, 2.45) is 0 Å². The lowest BCUT2D eigenvalue weighted by Gasteiger charge is -2.48. The van der Waals surface area contributed by atoms with Gasteiger partial charge in [0.15, 0.2) is 0 Å². The predicted molar refractivity (Wildman–Crippen MR) is 171 cm³/mol. The van der Waals surface area contributed by atoms with E-state index in [1.54, 1.807) is 0 Å². The molecule has 0 N–H and O–H groups in total. The molecule has 0 saturated carbocycles. The molecule has 0 fully saturated rings. The molecule has 0 amide bonds. The Hall–Kier alpha value is -4.76. The maximum absolute atomic E-state index is 5.54. The molecular formula is C38H29N3. The van der Waals surface area contributed by atoms with Gasteiger partial charge in [0.05, 0.1) is 16.7 Å². The lowest BCUT2D eigenvalue weighted by molar-refractivity contribution is 0.593. The Morgan fingerprint density at radius 3 is 1.39 bits per heavy atom. The van der Waals surface area contributed by atoms with Crippen LogP contribution < -0.4 is 4.90 Å². The van der Waals surface area contributed by atoms with Crippen LogP contribution >= 0.6 is 0 Å². The topological polar surface area (TPSA) is 29.0 Å². The van der Waals surface area contributed by atoms with E-state index in [1.807, 2.05) is 0 Å². The number of aromatic nitrogens is 2. The lowest BCUT2D eigenvalue weighted by atomic mass is 9.67. The van der Waals surface area contributed by atoms with Crippen molar-refractivity contribution in [2.75, 3.05) is 4.90 Å². The summed E-state index contributed by atoms with van der Waals surface area (Å²) in [6.07, 6.45) is 0. The van der Waals surface area contributed by atoms with E-state index in [1.165, 1.54) is 60.3 Å². The third-order valence-corrected chi connectivity index (χ3v) is 9.76. The zero-order valence-electron chi connectivity index (χ0n) is 23.7. The van der Waals surface area contributed by atoms with E-state index in [-0.39, 0.29) is 10.8 Å². The molecule has 0 radical (unpaired) electrons. The zero-order chi connectivity index (χ0) is 27.7. The molecule has 2 aromatic heterocycles. The minimum absolute atomic E-state index is 0.221. The number of hydrogen-bond acceptors (Lipinski definition) is 3. The monoisotopic (exact) mass is 527 g/mol. The fraction of sp³-hybridized carbons (Fsp3) is 0.158. The van der Waals surface area contributed by atoms with E-state index in [0.717, 1.165) is 22.7 Å². The second-order valence-corrected chi connectivity index (χ2v) is 12.7. The molecule has 4 heterocycles. The van der Waals surface area contributed by atoms with Gasteiger partial charge in [-0.3, -0.25) is 4.90 Å². The van der Waals surface area contributed by atoms with Gasteiger partial charge in [0.1, 0.15) is 11.6 Å². The van der Waals surface area contributed by atoms with Gasteiger partial charge in [-0.1, -0.05) is 119 Å². The summed E-state index contributed by atoms with van der Waals surface area (Å²) in [6.45, 7) is 9.38. The summed E-state index contributed by atoms with van der Waals surface area (Å²) >= 11 is 0. The van der Waals surface area contributed by atoms with Gasteiger partial charge < -0.3 is 0 Å². The highest BCUT2D eigenvalue weighted by atomic mass is 15.3. The van der Waals surface area contributed by atoms with Crippen molar-refractivity contribution in [3.63, 3.8) is 0 Å². The Bertz CT molecular complexity index is 2120. The zero-order valence-corrected chi connectivity index (χ0v) is 23.7. The molecule has 9 rings (SSSR count). The molecule has 0 unspecified atom stereocenters. The highest BCUT2D eigenvalue weighted by Crippen LogP contribution is 2.59. The molecule has 0 aliphatic carbocycles. The Kier molecular flexibility index (Phi) is 4.20. The number of hydrogen-bond donors (Lipinski definition) is 0. The Morgan fingerprint density at radius 1 is 0.463 bits per heavy atom. The Balaban J connectivity index is 1.46. The van der Waals surface area contributed by atoms with Gasteiger partial charge in [0.25, 0.3) is 0 Å². The van der Waals surface area contributed by atoms with Gasteiger partial charge in [0.2, 0.25) is 0 Å². The SMILES string of the molecule is CC1(C)c2cc3ccc4ccccc4c3nc2N2c3nc4c(ccc5ccccc54)cc3C(C)(C)c3cccc1c32. The van der Waals surface area contributed by atoms with Crippen LogP contribution in [0, 0.1) is 0 Å². The molecule has 196 valence electrons. The van der Waals surface area contributed by atoms with E-state index < -0.39 is 0 Å². The molecular weight excluding hydrogens is 498 g/mol. The number of fused-ring (bicyclic) bond motifs is 10. The molecule has 3 heteroatoms. The summed E-state index contributed by atoms with van der Waals surface area (Å²) < 4.78 is 0. The van der Waals surface area contributed by atoms with Gasteiger partial charge in [-0.2, -0.15) is 0 Å². The smallest absolute Gasteiger partial charge is 0.143 e. The normalized spacial score (nSPS) is 16.1. The number of pyridine rings is 2. The minimum atomic E-state index is -0.221. The highest BCUT2D eigenvalue weighted by Gasteiger charge is 2.47. The van der Waals surface area contributed by atoms with Crippen molar-refractivity contribution in [3.8, 4) is 0 Å². The van der Waals surface area contributed by atoms with Crippen molar-refractivity contribution in [3.05, 3.63) is 125 Å². The van der Waals surface area contributed by atoms with Crippen LogP contribution in [0.25, 0.3) is 43.4 Å². The molecule has 41 heavy (non-hydrogen) atoms. The van der Waals surface area contributed by atoms with Crippen LogP contribution in [0.3, 0.4) is 0 Å². The average Bonchev–Trinajstić information content (AvgIpc) is 2.99. The summed E-state index contributed by atoms with van der Waals surface area (Å²) in [4.78, 5) is 13.5. The Morgan fingerprint density at radius 2 is 0.902 bits per heavy atom. The van der Waals surface area contributed by atoms with Crippen LogP contribution in [0.1, 0.15) is 49.9 Å². The predicted octanol–water partition coefficient (Wildman–Crippen LogP) is 9.84. The standard InChI is InChI=1S/C38H29N3/c1-37(2)28-14-9-15-29-34(28)41(35-30(37)20-24-18-16-22-10-5-7-12-26(22)32(24)39-35)36-31(38(29,3)4)21-25-19-17-23-11-6-8-13-27(23)33(25)40-36/h5-21H,1-4H3. The lowest BCUT2D eigenvalue weighted by Crippen LogP contribution is -2.39. The van der Waals surface area contributed by atoms with Crippen LogP contribution in [0.5, 0.6) is 0 Å². The van der Waals surface area contributed by atoms with Gasteiger partial charge in [0, 0.05) is 43.5 Å². The molecule has 2 aliphatic heterocycles. The fourth-order valence-electron chi connectivity index (χ4n) is 7.45. The van der Waals surface area contributed by atoms with Gasteiger partial charge in [-0.25, -0.2) is 9.97 Å². The molecule has 5 aromatic carbocycles. The van der Waals surface area contributed by atoms with Crippen LogP contribution in [-0.2, 0) is 10.8 Å². The quantitative estimate of drug-likeness (QED) is 0.184. The number of nitrogens with zero attached hydrogens (tertiary/aromatic N) is 3. The van der Waals surface area contributed by atoms with E-state index >= 15 is 0 Å². The van der Waals surface area contributed by atoms with Gasteiger partial charge in [-0.15, -0.1) is 0 Å². The van der Waals surface area contributed by atoms with Crippen molar-refractivity contribution < 1.29 is 0 Å². The van der Waals surface area contributed by atoms with Crippen LogP contribution in [0.4, 0.5) is 17.3 Å². The molecule has 7 aromatic rings. The molecule has 3 nitrogen and oxygen atoms in total. The molecule has 0 spiro atoms. The maximum atomic E-state index is 5.54. The van der Waals surface area contributed by atoms with Crippen LogP contribution in [0.2, 0.25) is 0 Å². The van der Waals surface area contributed by atoms with Crippen LogP contribution in [-0.4, -0.2) is 9.97 Å². The van der Waals surface area contributed by atoms with Crippen molar-refractivity contribution in [1.29, 1.82) is 0 Å². The third-order valence-electron chi connectivity index (χ3n) is 9.76. The summed E-state index contributed by atoms with van der Waals surface area (Å²) in [5, 5.41) is 7.12. The first-order chi connectivity index (χ1) is 19.8.